The van der Waals surface area contributed by atoms with Gasteiger partial charge in [-0.15, -0.1) is 0 Å². The molecule has 0 heterocycles. The van der Waals surface area contributed by atoms with Gasteiger partial charge < -0.3 is 5.32 Å². The van der Waals surface area contributed by atoms with Crippen molar-refractivity contribution < 1.29 is 8.78 Å². The van der Waals surface area contributed by atoms with Crippen molar-refractivity contribution in [3.63, 3.8) is 0 Å². The Labute approximate surface area is 120 Å². The molecule has 3 heteroatoms. The number of hydrogen-bond donors (Lipinski definition) is 1. The van der Waals surface area contributed by atoms with Gasteiger partial charge in [0.05, 0.1) is 0 Å². The molecule has 0 saturated carbocycles. The maximum atomic E-state index is 13.3. The second-order valence-electron chi connectivity index (χ2n) is 5.55. The Morgan fingerprint density at radius 2 is 1.85 bits per heavy atom. The van der Waals surface area contributed by atoms with Crippen LogP contribution in [0.15, 0.2) is 29.8 Å². The zero-order chi connectivity index (χ0) is 14.4. The molecule has 1 aromatic rings. The third-order valence-electron chi connectivity index (χ3n) is 3.79. The lowest BCUT2D eigenvalue weighted by Crippen LogP contribution is -2.31. The minimum absolute atomic E-state index is 0.255. The second-order valence-corrected chi connectivity index (χ2v) is 5.55. The van der Waals surface area contributed by atoms with Gasteiger partial charge in [-0.3, -0.25) is 0 Å². The fraction of sp³-hybridized carbons (Fsp3) is 0.529. The number of halogens is 2. The minimum Gasteiger partial charge on any atom is -0.314 e. The molecule has 1 unspecified atom stereocenters. The summed E-state index contributed by atoms with van der Waals surface area (Å²) >= 11 is 0. The fourth-order valence-electron chi connectivity index (χ4n) is 2.93. The Morgan fingerprint density at radius 1 is 1.10 bits per heavy atom. The molecule has 1 aliphatic carbocycles. The van der Waals surface area contributed by atoms with Gasteiger partial charge in [0.15, 0.2) is 0 Å². The van der Waals surface area contributed by atoms with Gasteiger partial charge in [-0.05, 0) is 62.8 Å². The van der Waals surface area contributed by atoms with E-state index in [0.29, 0.717) is 6.42 Å². The minimum atomic E-state index is -0.493. The van der Waals surface area contributed by atoms with Crippen LogP contribution in [0.2, 0.25) is 0 Å². The topological polar surface area (TPSA) is 12.0 Å². The van der Waals surface area contributed by atoms with Gasteiger partial charge in [0, 0.05) is 12.1 Å². The molecule has 1 nitrogen and oxygen atoms in total. The van der Waals surface area contributed by atoms with Gasteiger partial charge in [-0.1, -0.05) is 18.6 Å². The Balaban J connectivity index is 2.02. The lowest BCUT2D eigenvalue weighted by atomic mass is 9.92. The molecular formula is C17H23F2N. The van der Waals surface area contributed by atoms with Crippen LogP contribution in [0.1, 0.15) is 44.6 Å². The summed E-state index contributed by atoms with van der Waals surface area (Å²) in [6.07, 6.45) is 8.86. The van der Waals surface area contributed by atoms with Crippen LogP contribution < -0.4 is 5.32 Å². The highest BCUT2D eigenvalue weighted by atomic mass is 19.1. The van der Waals surface area contributed by atoms with E-state index < -0.39 is 11.6 Å². The van der Waals surface area contributed by atoms with E-state index in [2.05, 4.69) is 18.3 Å². The maximum Gasteiger partial charge on any atom is 0.126 e. The van der Waals surface area contributed by atoms with E-state index in [1.165, 1.54) is 43.4 Å². The predicted octanol–water partition coefficient (Wildman–Crippen LogP) is 4.38. The third-order valence-corrected chi connectivity index (χ3v) is 3.79. The molecule has 20 heavy (non-hydrogen) atoms. The summed E-state index contributed by atoms with van der Waals surface area (Å²) in [4.78, 5) is 0. The first-order valence-electron chi connectivity index (χ1n) is 7.53. The fourth-order valence-corrected chi connectivity index (χ4v) is 2.93. The normalized spacial score (nSPS) is 16.9. The molecule has 0 aromatic heterocycles. The van der Waals surface area contributed by atoms with E-state index >= 15 is 0 Å². The van der Waals surface area contributed by atoms with Gasteiger partial charge in [-0.25, -0.2) is 8.78 Å². The van der Waals surface area contributed by atoms with Crippen molar-refractivity contribution in [2.45, 2.75) is 51.5 Å². The highest BCUT2D eigenvalue weighted by Gasteiger charge is 2.14. The van der Waals surface area contributed by atoms with Crippen molar-refractivity contribution in [3.8, 4) is 0 Å². The molecule has 2 rings (SSSR count). The quantitative estimate of drug-likeness (QED) is 0.762. The zero-order valence-electron chi connectivity index (χ0n) is 12.1. The molecule has 0 bridgehead atoms. The highest BCUT2D eigenvalue weighted by molar-refractivity contribution is 5.20. The van der Waals surface area contributed by atoms with Crippen molar-refractivity contribution in [3.05, 3.63) is 47.0 Å². The number of nitrogens with one attached hydrogen (secondary N) is 1. The lowest BCUT2D eigenvalue weighted by Gasteiger charge is -2.21. The number of rotatable bonds is 6. The Hall–Kier alpha value is -1.22. The Kier molecular flexibility index (Phi) is 5.72. The third kappa shape index (κ3) is 4.71. The molecule has 0 spiro atoms. The molecule has 1 aliphatic rings. The van der Waals surface area contributed by atoms with E-state index in [0.717, 1.165) is 24.6 Å². The van der Waals surface area contributed by atoms with Crippen LogP contribution in [-0.4, -0.2) is 12.6 Å². The summed E-state index contributed by atoms with van der Waals surface area (Å²) in [5.41, 5.74) is 2.21. The highest BCUT2D eigenvalue weighted by Crippen LogP contribution is 2.23. The van der Waals surface area contributed by atoms with Gasteiger partial charge in [0.2, 0.25) is 0 Å². The average Bonchev–Trinajstić information content (AvgIpc) is 2.39. The number of benzene rings is 1. The van der Waals surface area contributed by atoms with Crippen LogP contribution in [0, 0.1) is 11.6 Å². The summed E-state index contributed by atoms with van der Waals surface area (Å²) in [5, 5.41) is 3.43. The molecule has 0 aliphatic heterocycles. The van der Waals surface area contributed by atoms with Gasteiger partial charge in [-0.2, -0.15) is 0 Å². The van der Waals surface area contributed by atoms with Crippen molar-refractivity contribution in [2.24, 2.45) is 0 Å². The van der Waals surface area contributed by atoms with E-state index in [-0.39, 0.29) is 6.04 Å². The van der Waals surface area contributed by atoms with E-state index in [1.54, 1.807) is 0 Å². The molecule has 110 valence electrons. The number of likely N-dealkylation sites (N-methyl/N-ethyl adjacent to an activating group) is 1. The van der Waals surface area contributed by atoms with Gasteiger partial charge >= 0.3 is 0 Å². The number of allylic oxidation sites excluding steroid dienone is 1. The molecular weight excluding hydrogens is 256 g/mol. The average molecular weight is 279 g/mol. The van der Waals surface area contributed by atoms with E-state index in [9.17, 15) is 8.78 Å². The van der Waals surface area contributed by atoms with Crippen molar-refractivity contribution in [2.75, 3.05) is 6.54 Å². The molecule has 1 N–H and O–H groups in total. The Morgan fingerprint density at radius 3 is 2.45 bits per heavy atom. The van der Waals surface area contributed by atoms with Gasteiger partial charge in [0.1, 0.15) is 11.6 Å². The van der Waals surface area contributed by atoms with Crippen molar-refractivity contribution >= 4 is 0 Å². The van der Waals surface area contributed by atoms with Crippen LogP contribution in [0.4, 0.5) is 8.78 Å². The molecule has 0 fully saturated rings. The predicted molar refractivity (Wildman–Crippen MR) is 78.7 cm³/mol. The molecule has 1 atom stereocenters. The smallest absolute Gasteiger partial charge is 0.126 e. The summed E-state index contributed by atoms with van der Waals surface area (Å²) in [6, 6.07) is 4.05. The lowest BCUT2D eigenvalue weighted by molar-refractivity contribution is 0.500. The van der Waals surface area contributed by atoms with Crippen molar-refractivity contribution in [1.29, 1.82) is 0 Å². The summed E-state index contributed by atoms with van der Waals surface area (Å²) in [6.45, 7) is 2.93. The van der Waals surface area contributed by atoms with Crippen molar-refractivity contribution in [1.82, 2.24) is 5.32 Å². The van der Waals surface area contributed by atoms with E-state index in [1.807, 2.05) is 0 Å². The summed E-state index contributed by atoms with van der Waals surface area (Å²) < 4.78 is 26.5. The number of hydrogen-bond acceptors (Lipinski definition) is 1. The van der Waals surface area contributed by atoms with Crippen LogP contribution >= 0.6 is 0 Å². The monoisotopic (exact) mass is 279 g/mol. The summed E-state index contributed by atoms with van der Waals surface area (Å²) in [5.74, 6) is -0.987. The van der Waals surface area contributed by atoms with Crippen LogP contribution in [0.25, 0.3) is 0 Å². The zero-order valence-corrected chi connectivity index (χ0v) is 12.1. The standard InChI is InChI=1S/C17H23F2N/c1-2-20-17(10-13-6-4-3-5-7-13)11-14-8-15(18)12-16(19)9-14/h6,8-9,12,17,20H,2-5,7,10-11H2,1H3. The van der Waals surface area contributed by atoms with Crippen LogP contribution in [0.3, 0.4) is 0 Å². The van der Waals surface area contributed by atoms with Crippen LogP contribution in [-0.2, 0) is 6.42 Å². The SMILES string of the molecule is CCNC(CC1=CCCCC1)Cc1cc(F)cc(F)c1. The largest absolute Gasteiger partial charge is 0.314 e. The Bertz CT molecular complexity index is 448. The first-order chi connectivity index (χ1) is 9.67. The van der Waals surface area contributed by atoms with E-state index in [4.69, 9.17) is 0 Å². The first-order valence-corrected chi connectivity index (χ1v) is 7.53. The maximum absolute atomic E-state index is 13.3. The van der Waals surface area contributed by atoms with Crippen LogP contribution in [0.5, 0.6) is 0 Å². The first kappa shape index (κ1) is 15.2. The molecule has 0 amide bonds. The van der Waals surface area contributed by atoms with Gasteiger partial charge in [0.25, 0.3) is 0 Å². The molecule has 0 radical (unpaired) electrons. The summed E-state index contributed by atoms with van der Waals surface area (Å²) in [7, 11) is 0. The molecule has 0 saturated heterocycles. The molecule has 1 aromatic carbocycles. The second kappa shape index (κ2) is 7.53.